The molecule has 0 spiro atoms. The summed E-state index contributed by atoms with van der Waals surface area (Å²) in [5.41, 5.74) is 6.97. The topological polar surface area (TPSA) is 228 Å². The molecule has 2 aromatic heterocycles. The number of amides is 3. The highest BCUT2D eigenvalue weighted by Gasteiger charge is 2.32. The van der Waals surface area contributed by atoms with Crippen molar-refractivity contribution in [2.24, 2.45) is 5.73 Å². The zero-order valence-electron chi connectivity index (χ0n) is 18.3. The fourth-order valence-corrected chi connectivity index (χ4v) is 3.18. The largest absolute Gasteiger partial charge is 0.480 e. The van der Waals surface area contributed by atoms with E-state index in [9.17, 15) is 29.4 Å². The molecular formula is C19H28N8O6S. The molecule has 3 amide bonds. The van der Waals surface area contributed by atoms with Gasteiger partial charge in [0.1, 0.15) is 18.1 Å². The number of nitrogens with one attached hydrogen (secondary N) is 5. The lowest BCUT2D eigenvalue weighted by atomic mass is 10.1. The fourth-order valence-electron chi connectivity index (χ4n) is 2.94. The number of nitrogens with two attached hydrogens (primary N) is 1. The number of aliphatic hydroxyl groups is 1. The van der Waals surface area contributed by atoms with Gasteiger partial charge in [0, 0.05) is 42.4 Å². The molecule has 5 unspecified atom stereocenters. The molecular weight excluding hydrogens is 468 g/mol. The van der Waals surface area contributed by atoms with Gasteiger partial charge in [-0.15, -0.1) is 0 Å². The van der Waals surface area contributed by atoms with Crippen LogP contribution in [0.5, 0.6) is 0 Å². The smallest absolute Gasteiger partial charge is 0.327 e. The van der Waals surface area contributed by atoms with Crippen molar-refractivity contribution in [2.75, 3.05) is 5.75 Å². The maximum atomic E-state index is 12.9. The van der Waals surface area contributed by atoms with E-state index < -0.39 is 54.0 Å². The predicted molar refractivity (Wildman–Crippen MR) is 122 cm³/mol. The Labute approximate surface area is 199 Å². The molecule has 0 saturated heterocycles. The molecule has 0 radical (unpaired) electrons. The molecule has 2 aromatic rings. The molecule has 15 heteroatoms. The van der Waals surface area contributed by atoms with Crippen molar-refractivity contribution in [2.45, 2.75) is 50.0 Å². The van der Waals surface area contributed by atoms with Crippen LogP contribution >= 0.6 is 12.6 Å². The highest BCUT2D eigenvalue weighted by atomic mass is 32.1. The highest BCUT2D eigenvalue weighted by Crippen LogP contribution is 2.04. The van der Waals surface area contributed by atoms with Crippen molar-refractivity contribution < 1.29 is 29.4 Å². The second kappa shape index (κ2) is 12.7. The lowest BCUT2D eigenvalue weighted by Gasteiger charge is -2.26. The number of nitrogens with zero attached hydrogens (tertiary/aromatic N) is 2. The molecule has 0 aliphatic heterocycles. The molecule has 0 saturated carbocycles. The summed E-state index contributed by atoms with van der Waals surface area (Å²) in [6.45, 7) is 1.29. The van der Waals surface area contributed by atoms with Crippen LogP contribution in [0.3, 0.4) is 0 Å². The molecule has 34 heavy (non-hydrogen) atoms. The minimum absolute atomic E-state index is 0.0592. The van der Waals surface area contributed by atoms with Gasteiger partial charge in [0.25, 0.3) is 0 Å². The van der Waals surface area contributed by atoms with Gasteiger partial charge in [-0.1, -0.05) is 0 Å². The van der Waals surface area contributed by atoms with E-state index in [0.717, 1.165) is 0 Å². The summed E-state index contributed by atoms with van der Waals surface area (Å²) in [6, 6.07) is -5.00. The van der Waals surface area contributed by atoms with Gasteiger partial charge in [0.2, 0.25) is 17.7 Å². The quantitative estimate of drug-likeness (QED) is 0.129. The van der Waals surface area contributed by atoms with Crippen LogP contribution in [-0.4, -0.2) is 89.9 Å². The molecule has 0 aliphatic rings. The number of carboxylic acid groups (broad SMARTS) is 1. The molecule has 0 bridgehead atoms. The summed E-state index contributed by atoms with van der Waals surface area (Å²) in [4.78, 5) is 62.7. The SMILES string of the molecule is CC(O)C(NC(=O)C(N)Cc1cnc[nH]1)C(=O)NC(Cc1cnc[nH]1)C(=O)NC(CS)C(=O)O. The second-order valence-electron chi connectivity index (χ2n) is 7.54. The van der Waals surface area contributed by atoms with E-state index in [2.05, 4.69) is 48.5 Å². The molecule has 0 fully saturated rings. The first kappa shape index (κ1) is 26.8. The third-order valence-corrected chi connectivity index (χ3v) is 5.17. The Morgan fingerprint density at radius 2 is 1.53 bits per heavy atom. The molecule has 2 heterocycles. The Hall–Kier alpha value is -3.43. The lowest BCUT2D eigenvalue weighted by molar-refractivity contribution is -0.141. The third-order valence-electron chi connectivity index (χ3n) is 4.80. The third kappa shape index (κ3) is 7.86. The molecule has 14 nitrogen and oxygen atoms in total. The van der Waals surface area contributed by atoms with Gasteiger partial charge in [-0.05, 0) is 6.92 Å². The van der Waals surface area contributed by atoms with Crippen LogP contribution in [0.25, 0.3) is 0 Å². The van der Waals surface area contributed by atoms with Gasteiger partial charge in [-0.3, -0.25) is 14.4 Å². The van der Waals surface area contributed by atoms with Crippen LogP contribution in [0.15, 0.2) is 25.0 Å². The average Bonchev–Trinajstić information content (AvgIpc) is 3.48. The normalized spacial score (nSPS) is 15.4. The van der Waals surface area contributed by atoms with Gasteiger partial charge in [0.05, 0.1) is 24.8 Å². The summed E-state index contributed by atoms with van der Waals surface area (Å²) in [7, 11) is 0. The summed E-state index contributed by atoms with van der Waals surface area (Å²) < 4.78 is 0. The van der Waals surface area contributed by atoms with E-state index in [1.807, 2.05) is 0 Å². The Balaban J connectivity index is 2.11. The van der Waals surface area contributed by atoms with E-state index in [1.54, 1.807) is 0 Å². The van der Waals surface area contributed by atoms with Crippen molar-refractivity contribution in [3.8, 4) is 0 Å². The number of imidazole rings is 2. The first-order chi connectivity index (χ1) is 16.1. The fraction of sp³-hybridized carbons (Fsp3) is 0.474. The Bertz CT molecular complexity index is 952. The van der Waals surface area contributed by atoms with E-state index in [4.69, 9.17) is 5.73 Å². The van der Waals surface area contributed by atoms with E-state index >= 15 is 0 Å². The van der Waals surface area contributed by atoms with E-state index in [0.29, 0.717) is 11.4 Å². The number of carbonyl (C=O) groups is 4. The van der Waals surface area contributed by atoms with Crippen LogP contribution in [0.1, 0.15) is 18.3 Å². The minimum Gasteiger partial charge on any atom is -0.480 e. The van der Waals surface area contributed by atoms with Crippen molar-refractivity contribution in [1.29, 1.82) is 0 Å². The number of hydrogen-bond acceptors (Lipinski definition) is 9. The summed E-state index contributed by atoms with van der Waals surface area (Å²) in [5.74, 6) is -3.83. The Morgan fingerprint density at radius 3 is 2.00 bits per heavy atom. The standard InChI is InChI=1S/C19H28N8O6S/c1-9(28)15(27-16(29)12(20)2-10-4-21-7-23-10)18(31)25-13(3-11-5-22-8-24-11)17(30)26-14(6-34)19(32)33/h4-5,7-9,12-15,28,34H,2-3,6,20H2,1H3,(H,21,23)(H,22,24)(H,25,31)(H,26,30)(H,27,29)(H,32,33). The first-order valence-corrected chi connectivity index (χ1v) is 10.9. The number of carboxylic acids is 1. The summed E-state index contributed by atoms with van der Waals surface area (Å²) in [6.07, 6.45) is 4.46. The highest BCUT2D eigenvalue weighted by molar-refractivity contribution is 7.80. The summed E-state index contributed by atoms with van der Waals surface area (Å²) >= 11 is 3.91. The molecule has 2 rings (SSSR count). The maximum absolute atomic E-state index is 12.9. The Morgan fingerprint density at radius 1 is 0.971 bits per heavy atom. The predicted octanol–water partition coefficient (Wildman–Crippen LogP) is -2.91. The maximum Gasteiger partial charge on any atom is 0.327 e. The number of H-pyrrole nitrogens is 2. The molecule has 0 aromatic carbocycles. The summed E-state index contributed by atoms with van der Waals surface area (Å²) in [5, 5.41) is 26.4. The van der Waals surface area contributed by atoms with Crippen LogP contribution in [-0.2, 0) is 32.0 Å². The molecule has 9 N–H and O–H groups in total. The van der Waals surface area contributed by atoms with Crippen LogP contribution in [0, 0.1) is 0 Å². The van der Waals surface area contributed by atoms with Gasteiger partial charge >= 0.3 is 5.97 Å². The lowest BCUT2D eigenvalue weighted by Crippen LogP contribution is -2.60. The molecule has 0 aliphatic carbocycles. The number of aromatic amines is 2. The van der Waals surface area contributed by atoms with Gasteiger partial charge in [0.15, 0.2) is 0 Å². The Kier molecular flexibility index (Phi) is 10.0. The monoisotopic (exact) mass is 496 g/mol. The van der Waals surface area contributed by atoms with E-state index in [-0.39, 0.29) is 18.6 Å². The number of aromatic nitrogens is 4. The number of thiol groups is 1. The average molecular weight is 497 g/mol. The zero-order chi connectivity index (χ0) is 25.3. The minimum atomic E-state index is -1.43. The van der Waals surface area contributed by atoms with Crippen LogP contribution in [0.4, 0.5) is 0 Å². The number of hydrogen-bond donors (Lipinski definition) is 9. The molecule has 186 valence electrons. The van der Waals surface area contributed by atoms with Gasteiger partial charge in [-0.2, -0.15) is 12.6 Å². The van der Waals surface area contributed by atoms with Crippen molar-refractivity contribution in [1.82, 2.24) is 35.9 Å². The van der Waals surface area contributed by atoms with Crippen molar-refractivity contribution in [3.05, 3.63) is 36.4 Å². The second-order valence-corrected chi connectivity index (χ2v) is 7.90. The van der Waals surface area contributed by atoms with Crippen molar-refractivity contribution in [3.63, 3.8) is 0 Å². The van der Waals surface area contributed by atoms with Crippen molar-refractivity contribution >= 4 is 36.3 Å². The number of aliphatic carboxylic acids is 1. The van der Waals surface area contributed by atoms with E-state index in [1.165, 1.54) is 32.0 Å². The molecule has 5 atom stereocenters. The van der Waals surface area contributed by atoms with Gasteiger partial charge in [-0.25, -0.2) is 14.8 Å². The first-order valence-electron chi connectivity index (χ1n) is 10.2. The zero-order valence-corrected chi connectivity index (χ0v) is 19.2. The number of aliphatic hydroxyl groups excluding tert-OH is 1. The van der Waals surface area contributed by atoms with Crippen LogP contribution < -0.4 is 21.7 Å². The van der Waals surface area contributed by atoms with Gasteiger partial charge < -0.3 is 41.9 Å². The number of carbonyl (C=O) groups excluding carboxylic acids is 3. The number of rotatable bonds is 13. The van der Waals surface area contributed by atoms with Crippen LogP contribution in [0.2, 0.25) is 0 Å².